The molecule has 3 fully saturated rings. The molecule has 3 aliphatic rings. The van der Waals surface area contributed by atoms with E-state index >= 15 is 0 Å². The van der Waals surface area contributed by atoms with Crippen LogP contribution in [-0.2, 0) is 14.3 Å². The van der Waals surface area contributed by atoms with Crippen LogP contribution in [0.4, 0.5) is 0 Å². The van der Waals surface area contributed by atoms with Gasteiger partial charge in [0.25, 0.3) is 0 Å². The van der Waals surface area contributed by atoms with Crippen LogP contribution in [0.2, 0.25) is 0 Å². The van der Waals surface area contributed by atoms with Gasteiger partial charge < -0.3 is 4.74 Å². The van der Waals surface area contributed by atoms with Crippen LogP contribution in [0.1, 0.15) is 26.7 Å². The third-order valence-electron chi connectivity index (χ3n) is 5.12. The highest BCUT2D eigenvalue weighted by Crippen LogP contribution is 2.64. The minimum Gasteiger partial charge on any atom is -0.373 e. The van der Waals surface area contributed by atoms with Crippen molar-refractivity contribution in [3.8, 4) is 0 Å². The van der Waals surface area contributed by atoms with Crippen molar-refractivity contribution in [2.24, 2.45) is 10.8 Å². The minimum atomic E-state index is -1.68. The molecule has 0 N–H and O–H groups in total. The average molecular weight is 239 g/mol. The van der Waals surface area contributed by atoms with Crippen LogP contribution in [0.15, 0.2) is 0 Å². The number of hydrogen-bond donors (Lipinski definition) is 0. The molecule has 4 unspecified atom stereocenters. The summed E-state index contributed by atoms with van der Waals surface area (Å²) < 4.78 is 5.65. The lowest BCUT2D eigenvalue weighted by molar-refractivity contribution is -0.492. The molecule has 1 aliphatic carbocycles. The monoisotopic (exact) mass is 239 g/mol. The summed E-state index contributed by atoms with van der Waals surface area (Å²) in [5.41, 5.74) is -2.02. The van der Waals surface area contributed by atoms with Gasteiger partial charge in [0, 0.05) is 4.92 Å². The van der Waals surface area contributed by atoms with E-state index < -0.39 is 33.4 Å². The molecular weight excluding hydrogens is 226 g/mol. The molecule has 6 nitrogen and oxygen atoms in total. The molecule has 2 saturated heterocycles. The number of hydrogen-bond acceptors (Lipinski definition) is 5. The molecule has 0 aromatic heterocycles. The van der Waals surface area contributed by atoms with E-state index in [4.69, 9.17) is 4.74 Å². The largest absolute Gasteiger partial charge is 0.373 e. The Hall–Kier alpha value is -1.30. The highest BCUT2D eigenvalue weighted by Gasteiger charge is 2.80. The van der Waals surface area contributed by atoms with Gasteiger partial charge in [0.15, 0.2) is 0 Å². The van der Waals surface area contributed by atoms with Gasteiger partial charge in [0.2, 0.25) is 11.6 Å². The lowest BCUT2D eigenvalue weighted by atomic mass is 9.59. The van der Waals surface area contributed by atoms with E-state index in [9.17, 15) is 19.7 Å². The van der Waals surface area contributed by atoms with Gasteiger partial charge in [-0.1, -0.05) is 0 Å². The fourth-order valence-electron chi connectivity index (χ4n) is 3.86. The summed E-state index contributed by atoms with van der Waals surface area (Å²) in [5, 5.41) is 10.9. The van der Waals surface area contributed by atoms with Crippen molar-refractivity contribution < 1.29 is 19.2 Å². The van der Waals surface area contributed by atoms with E-state index in [0.29, 0.717) is 12.8 Å². The molecule has 1 saturated carbocycles. The standard InChI is InChI=1S/C11H13NO5/c1-10-5-3-4-6(17-5)11(10,2)9(14)7(8(10)13)12(15)16/h5-7H,3-4H2,1-2H3. The molecule has 4 atom stereocenters. The number of carbonyl (C=O) groups is 2. The van der Waals surface area contributed by atoms with Crippen LogP contribution in [0.5, 0.6) is 0 Å². The topological polar surface area (TPSA) is 86.5 Å². The fourth-order valence-corrected chi connectivity index (χ4v) is 3.86. The summed E-state index contributed by atoms with van der Waals surface area (Å²) in [4.78, 5) is 34.6. The molecule has 6 heteroatoms. The van der Waals surface area contributed by atoms with Crippen molar-refractivity contribution in [1.82, 2.24) is 0 Å². The van der Waals surface area contributed by atoms with Crippen molar-refractivity contribution in [2.45, 2.75) is 44.9 Å². The lowest BCUT2D eigenvalue weighted by Gasteiger charge is -2.37. The Balaban J connectivity index is 2.19. The SMILES string of the molecule is CC12C(=O)C([N+](=O)[O-])C(=O)C1(C)C1CCC2O1. The van der Waals surface area contributed by atoms with Gasteiger partial charge in [-0.05, 0) is 26.7 Å². The summed E-state index contributed by atoms with van der Waals surface area (Å²) in [7, 11) is 0. The van der Waals surface area contributed by atoms with Gasteiger partial charge in [-0.2, -0.15) is 0 Å². The van der Waals surface area contributed by atoms with Crippen LogP contribution >= 0.6 is 0 Å². The van der Waals surface area contributed by atoms with Crippen LogP contribution in [0.25, 0.3) is 0 Å². The van der Waals surface area contributed by atoms with Crippen molar-refractivity contribution in [1.29, 1.82) is 0 Å². The van der Waals surface area contributed by atoms with Gasteiger partial charge >= 0.3 is 6.04 Å². The molecule has 0 aromatic rings. The molecule has 0 aromatic carbocycles. The van der Waals surface area contributed by atoms with Crippen molar-refractivity contribution in [3.05, 3.63) is 10.1 Å². The van der Waals surface area contributed by atoms with E-state index in [0.717, 1.165) is 0 Å². The Morgan fingerprint density at radius 2 is 1.59 bits per heavy atom. The molecule has 3 rings (SSSR count). The lowest BCUT2D eigenvalue weighted by Crippen LogP contribution is -2.48. The van der Waals surface area contributed by atoms with E-state index in [2.05, 4.69) is 0 Å². The third kappa shape index (κ3) is 0.854. The smallest absolute Gasteiger partial charge is 0.328 e. The first-order chi connectivity index (χ1) is 7.85. The second kappa shape index (κ2) is 2.75. The minimum absolute atomic E-state index is 0.334. The van der Waals surface area contributed by atoms with Crippen LogP contribution in [0.3, 0.4) is 0 Å². The fraction of sp³-hybridized carbons (Fsp3) is 0.818. The second-order valence-electron chi connectivity index (χ2n) is 5.51. The number of nitro groups is 1. The molecule has 0 amide bonds. The van der Waals surface area contributed by atoms with Crippen LogP contribution in [-0.4, -0.2) is 34.7 Å². The highest BCUT2D eigenvalue weighted by molar-refractivity contribution is 6.18. The Bertz CT molecular complexity index is 427. The number of Topliss-reactive ketones (excluding diaryl/α,β-unsaturated/α-hetero) is 2. The zero-order valence-electron chi connectivity index (χ0n) is 9.63. The van der Waals surface area contributed by atoms with Crippen molar-refractivity contribution in [2.75, 3.05) is 0 Å². The number of ketones is 2. The van der Waals surface area contributed by atoms with E-state index in [-0.39, 0.29) is 12.2 Å². The van der Waals surface area contributed by atoms with Gasteiger partial charge in [0.05, 0.1) is 23.0 Å². The number of ether oxygens (including phenoxy) is 1. The molecule has 2 bridgehead atoms. The molecule has 0 radical (unpaired) electrons. The maximum absolute atomic E-state index is 12.2. The van der Waals surface area contributed by atoms with E-state index in [1.54, 1.807) is 13.8 Å². The molecule has 2 aliphatic heterocycles. The van der Waals surface area contributed by atoms with Crippen molar-refractivity contribution >= 4 is 11.6 Å². The predicted octanol–water partition coefficient (Wildman–Crippen LogP) is 0.357. The predicted molar refractivity (Wildman–Crippen MR) is 54.9 cm³/mol. The van der Waals surface area contributed by atoms with Crippen LogP contribution in [0, 0.1) is 20.9 Å². The van der Waals surface area contributed by atoms with Gasteiger partial charge in [0.1, 0.15) is 0 Å². The molecule has 2 heterocycles. The summed E-state index contributed by atoms with van der Waals surface area (Å²) in [5.74, 6) is -1.13. The Morgan fingerprint density at radius 3 is 1.94 bits per heavy atom. The van der Waals surface area contributed by atoms with Gasteiger partial charge in [-0.3, -0.25) is 19.7 Å². The quantitative estimate of drug-likeness (QED) is 0.374. The first kappa shape index (κ1) is 10.8. The number of fused-ring (bicyclic) bond motifs is 5. The number of rotatable bonds is 1. The summed E-state index contributed by atoms with van der Waals surface area (Å²) in [6.07, 6.45) is 0.748. The molecule has 17 heavy (non-hydrogen) atoms. The summed E-state index contributed by atoms with van der Waals surface area (Å²) >= 11 is 0. The highest BCUT2D eigenvalue weighted by atomic mass is 16.6. The van der Waals surface area contributed by atoms with E-state index in [1.807, 2.05) is 0 Å². The normalized spacial score (nSPS) is 52.0. The number of nitrogens with zero attached hydrogens (tertiary/aromatic N) is 1. The first-order valence-electron chi connectivity index (χ1n) is 5.72. The zero-order valence-corrected chi connectivity index (χ0v) is 9.63. The first-order valence-corrected chi connectivity index (χ1v) is 5.72. The Morgan fingerprint density at radius 1 is 1.18 bits per heavy atom. The molecule has 92 valence electrons. The van der Waals surface area contributed by atoms with Gasteiger partial charge in [-0.15, -0.1) is 0 Å². The van der Waals surface area contributed by atoms with Gasteiger partial charge in [-0.25, -0.2) is 0 Å². The van der Waals surface area contributed by atoms with Crippen molar-refractivity contribution in [3.63, 3.8) is 0 Å². The van der Waals surface area contributed by atoms with E-state index in [1.165, 1.54) is 0 Å². The average Bonchev–Trinajstić information content (AvgIpc) is 2.84. The summed E-state index contributed by atoms with van der Waals surface area (Å²) in [6, 6.07) is -1.68. The third-order valence-corrected chi connectivity index (χ3v) is 5.12. The maximum atomic E-state index is 12.2. The number of carbonyl (C=O) groups excluding carboxylic acids is 2. The maximum Gasteiger partial charge on any atom is 0.328 e. The summed E-state index contributed by atoms with van der Waals surface area (Å²) in [6.45, 7) is 3.31. The Labute approximate surface area is 97.5 Å². The molecular formula is C11H13NO5. The zero-order chi connectivity index (χ0) is 12.6. The Kier molecular flexibility index (Phi) is 1.75. The second-order valence-corrected chi connectivity index (χ2v) is 5.51. The molecule has 0 spiro atoms. The van der Waals surface area contributed by atoms with Crippen LogP contribution < -0.4 is 0 Å².